The standard InChI is InChI=1S/C16H22N8OS/c1-25-3-2-21-7-10(5-17)13-9-22-15(20)16(24-13)23-8-11-4-12(19)14(6-18)26-11/h4-7,9,18H,2-3,8,17,19H2,1H3,(H2,20,22)(H,23,24). The molecule has 0 saturated heterocycles. The topological polar surface area (TPSA) is 161 Å². The lowest BCUT2D eigenvalue weighted by atomic mass is 10.2. The number of anilines is 3. The van der Waals surface area contributed by atoms with Gasteiger partial charge in [-0.15, -0.1) is 11.3 Å². The van der Waals surface area contributed by atoms with Crippen molar-refractivity contribution in [2.24, 2.45) is 10.7 Å². The molecular formula is C16H22N8OS. The smallest absolute Gasteiger partial charge is 0.169 e. The molecule has 26 heavy (non-hydrogen) atoms. The van der Waals surface area contributed by atoms with Gasteiger partial charge < -0.3 is 32.7 Å². The third-order valence-electron chi connectivity index (χ3n) is 3.33. The van der Waals surface area contributed by atoms with Gasteiger partial charge in [0.1, 0.15) is 0 Å². The van der Waals surface area contributed by atoms with E-state index in [1.807, 2.05) is 6.07 Å². The Labute approximate surface area is 155 Å². The Morgan fingerprint density at radius 1 is 1.46 bits per heavy atom. The van der Waals surface area contributed by atoms with Gasteiger partial charge in [-0.25, -0.2) is 9.97 Å². The number of aliphatic imine (C=N–C) groups is 1. The van der Waals surface area contributed by atoms with Gasteiger partial charge in [0.05, 0.1) is 42.2 Å². The van der Waals surface area contributed by atoms with Crippen LogP contribution in [-0.2, 0) is 11.3 Å². The molecule has 0 aliphatic carbocycles. The van der Waals surface area contributed by atoms with Gasteiger partial charge in [-0.1, -0.05) is 0 Å². The first-order chi connectivity index (χ1) is 12.6. The molecule has 8 N–H and O–H groups in total. The Kier molecular flexibility index (Phi) is 7.06. The Bertz CT molecular complexity index is 815. The molecule has 0 aliphatic rings. The number of nitrogens with zero attached hydrogens (tertiary/aromatic N) is 3. The van der Waals surface area contributed by atoms with Crippen molar-refractivity contribution in [3.05, 3.63) is 33.9 Å². The zero-order valence-corrected chi connectivity index (χ0v) is 15.2. The molecule has 2 aromatic heterocycles. The van der Waals surface area contributed by atoms with Crippen LogP contribution in [0.4, 0.5) is 17.3 Å². The SMILES string of the molecule is COCCN=CC(=CN)c1cnc(N)c(NCc2cc(N)c(C=N)s2)n1. The zero-order valence-electron chi connectivity index (χ0n) is 14.4. The van der Waals surface area contributed by atoms with Crippen molar-refractivity contribution in [3.63, 3.8) is 0 Å². The second-order valence-electron chi connectivity index (χ2n) is 5.17. The van der Waals surface area contributed by atoms with Gasteiger partial charge in [0.2, 0.25) is 0 Å². The Hall–Kier alpha value is -2.98. The van der Waals surface area contributed by atoms with E-state index in [0.717, 1.165) is 9.75 Å². The summed E-state index contributed by atoms with van der Waals surface area (Å²) >= 11 is 1.43. The maximum atomic E-state index is 7.31. The maximum Gasteiger partial charge on any atom is 0.169 e. The van der Waals surface area contributed by atoms with Crippen LogP contribution in [-0.4, -0.2) is 42.7 Å². The Morgan fingerprint density at radius 2 is 2.27 bits per heavy atom. The molecule has 2 heterocycles. The molecule has 0 spiro atoms. The molecule has 0 radical (unpaired) electrons. The number of rotatable bonds is 9. The van der Waals surface area contributed by atoms with Gasteiger partial charge >= 0.3 is 0 Å². The van der Waals surface area contributed by atoms with Crippen molar-refractivity contribution in [1.82, 2.24) is 9.97 Å². The summed E-state index contributed by atoms with van der Waals surface area (Å²) in [5.41, 5.74) is 19.2. The number of ether oxygens (including phenoxy) is 1. The molecule has 10 heteroatoms. The van der Waals surface area contributed by atoms with Crippen LogP contribution in [0.2, 0.25) is 0 Å². The Balaban J connectivity index is 2.12. The summed E-state index contributed by atoms with van der Waals surface area (Å²) in [7, 11) is 1.62. The number of nitrogen functional groups attached to an aromatic ring is 2. The molecule has 0 fully saturated rings. The monoisotopic (exact) mass is 374 g/mol. The van der Waals surface area contributed by atoms with E-state index < -0.39 is 0 Å². The maximum absolute atomic E-state index is 7.31. The number of methoxy groups -OCH3 is 1. The fourth-order valence-corrected chi connectivity index (χ4v) is 2.86. The van der Waals surface area contributed by atoms with E-state index in [9.17, 15) is 0 Å². The van der Waals surface area contributed by atoms with Crippen molar-refractivity contribution >= 4 is 46.7 Å². The highest BCUT2D eigenvalue weighted by Crippen LogP contribution is 2.24. The van der Waals surface area contributed by atoms with E-state index in [2.05, 4.69) is 20.3 Å². The first-order valence-corrected chi connectivity index (χ1v) is 8.56. The fourth-order valence-electron chi connectivity index (χ4n) is 2.01. The van der Waals surface area contributed by atoms with Gasteiger partial charge in [-0.2, -0.15) is 0 Å². The van der Waals surface area contributed by atoms with Crippen LogP contribution in [0.3, 0.4) is 0 Å². The summed E-state index contributed by atoms with van der Waals surface area (Å²) in [6, 6.07) is 1.82. The lowest BCUT2D eigenvalue weighted by molar-refractivity contribution is 0.208. The van der Waals surface area contributed by atoms with E-state index in [-0.39, 0.29) is 5.82 Å². The number of allylic oxidation sites excluding steroid dienone is 1. The van der Waals surface area contributed by atoms with E-state index in [4.69, 9.17) is 27.3 Å². The highest BCUT2D eigenvalue weighted by Gasteiger charge is 2.09. The van der Waals surface area contributed by atoms with Crippen LogP contribution in [0, 0.1) is 5.41 Å². The number of hydrogen-bond acceptors (Lipinski definition) is 10. The van der Waals surface area contributed by atoms with Crippen LogP contribution in [0.5, 0.6) is 0 Å². The summed E-state index contributed by atoms with van der Waals surface area (Å²) in [5.74, 6) is 0.716. The average molecular weight is 374 g/mol. The molecule has 0 amide bonds. The average Bonchev–Trinajstić information content (AvgIpc) is 3.01. The minimum absolute atomic E-state index is 0.276. The summed E-state index contributed by atoms with van der Waals surface area (Å²) in [5, 5.41) is 10.4. The van der Waals surface area contributed by atoms with Gasteiger partial charge in [0.25, 0.3) is 0 Å². The molecule has 0 unspecified atom stereocenters. The zero-order chi connectivity index (χ0) is 18.9. The van der Waals surface area contributed by atoms with Crippen molar-refractivity contribution in [3.8, 4) is 0 Å². The van der Waals surface area contributed by atoms with Crippen LogP contribution < -0.4 is 22.5 Å². The van der Waals surface area contributed by atoms with Crippen molar-refractivity contribution in [2.45, 2.75) is 6.54 Å². The molecule has 2 rings (SSSR count). The van der Waals surface area contributed by atoms with E-state index >= 15 is 0 Å². The lowest BCUT2D eigenvalue weighted by Crippen LogP contribution is -2.08. The summed E-state index contributed by atoms with van der Waals surface area (Å²) < 4.78 is 4.95. The van der Waals surface area contributed by atoms with Crippen LogP contribution in [0.15, 0.2) is 23.5 Å². The largest absolute Gasteiger partial charge is 0.404 e. The quantitative estimate of drug-likeness (QED) is 0.326. The van der Waals surface area contributed by atoms with Crippen molar-refractivity contribution < 1.29 is 4.74 Å². The molecular weight excluding hydrogens is 352 g/mol. The third-order valence-corrected chi connectivity index (χ3v) is 4.43. The van der Waals surface area contributed by atoms with Crippen LogP contribution in [0.1, 0.15) is 15.4 Å². The van der Waals surface area contributed by atoms with Gasteiger partial charge in [-0.3, -0.25) is 4.99 Å². The van der Waals surface area contributed by atoms with Crippen LogP contribution >= 0.6 is 11.3 Å². The number of nitrogens with two attached hydrogens (primary N) is 3. The normalized spacial score (nSPS) is 11.8. The van der Waals surface area contributed by atoms with Gasteiger partial charge in [0, 0.05) is 36.2 Å². The third kappa shape index (κ3) is 5.01. The molecule has 0 saturated carbocycles. The molecule has 2 aromatic rings. The highest BCUT2D eigenvalue weighted by atomic mass is 32.1. The summed E-state index contributed by atoms with van der Waals surface area (Å²) in [4.78, 5) is 14.5. The molecule has 138 valence electrons. The molecule has 0 atom stereocenters. The predicted molar refractivity (Wildman–Crippen MR) is 108 cm³/mol. The first kappa shape index (κ1) is 19.3. The summed E-state index contributed by atoms with van der Waals surface area (Å²) in [6.07, 6.45) is 5.81. The minimum atomic E-state index is 0.276. The summed E-state index contributed by atoms with van der Waals surface area (Å²) in [6.45, 7) is 1.52. The van der Waals surface area contributed by atoms with Gasteiger partial charge in [-0.05, 0) is 6.07 Å². The predicted octanol–water partition coefficient (Wildman–Crippen LogP) is 1.33. The van der Waals surface area contributed by atoms with Crippen molar-refractivity contribution in [2.75, 3.05) is 37.0 Å². The molecule has 0 bridgehead atoms. The molecule has 9 nitrogen and oxygen atoms in total. The first-order valence-electron chi connectivity index (χ1n) is 7.75. The lowest BCUT2D eigenvalue weighted by Gasteiger charge is -2.09. The second kappa shape index (κ2) is 9.49. The minimum Gasteiger partial charge on any atom is -0.404 e. The Morgan fingerprint density at radius 3 is 2.92 bits per heavy atom. The molecule has 0 aliphatic heterocycles. The highest BCUT2D eigenvalue weighted by molar-refractivity contribution is 7.14. The van der Waals surface area contributed by atoms with E-state index in [1.54, 1.807) is 13.3 Å². The van der Waals surface area contributed by atoms with Crippen LogP contribution in [0.25, 0.3) is 5.57 Å². The molecule has 0 aromatic carbocycles. The van der Waals surface area contributed by atoms with Gasteiger partial charge in [0.15, 0.2) is 11.6 Å². The number of thiophene rings is 1. The fraction of sp³-hybridized carbons (Fsp3) is 0.250. The number of aromatic nitrogens is 2. The van der Waals surface area contributed by atoms with Crippen molar-refractivity contribution in [1.29, 1.82) is 5.41 Å². The second-order valence-corrected chi connectivity index (χ2v) is 6.34. The van der Waals surface area contributed by atoms with E-state index in [0.29, 0.717) is 42.5 Å². The van der Waals surface area contributed by atoms with E-state index in [1.165, 1.54) is 29.9 Å². The number of hydrogen-bond donors (Lipinski definition) is 5. The number of nitrogens with one attached hydrogen (secondary N) is 2.